The Labute approximate surface area is 210 Å². The number of hydrogen-bond donors (Lipinski definition) is 1. The molecule has 172 valence electrons. The molecule has 1 saturated heterocycles. The van der Waals surface area contributed by atoms with E-state index in [1.54, 1.807) is 6.07 Å². The summed E-state index contributed by atoms with van der Waals surface area (Å²) in [5, 5.41) is -0.173. The van der Waals surface area contributed by atoms with E-state index in [4.69, 9.17) is 38.2 Å². The predicted octanol–water partition coefficient (Wildman–Crippen LogP) is 1.72. The van der Waals surface area contributed by atoms with E-state index >= 15 is 0 Å². The molecule has 1 amide bonds. The smallest absolute Gasteiger partial charge is 0.267 e. The Morgan fingerprint density at radius 3 is 2.70 bits per heavy atom. The maximum atomic E-state index is 13.6. The van der Waals surface area contributed by atoms with Crippen LogP contribution in [0.4, 0.5) is 11.8 Å². The Kier molecular flexibility index (Phi) is 2.67. The molecule has 2 aliphatic heterocycles. The molecule has 1 fully saturated rings. The molecule has 10 nitrogen and oxygen atoms in total. The van der Waals surface area contributed by atoms with Gasteiger partial charge in [-0.05, 0) is 18.2 Å². The zero-order valence-electron chi connectivity index (χ0n) is 30.7. The molecule has 3 aromatic rings. The van der Waals surface area contributed by atoms with E-state index in [1.807, 2.05) is 0 Å². The molecule has 1 aromatic heterocycles. The molecule has 0 saturated carbocycles. The number of piperazine rings is 1. The van der Waals surface area contributed by atoms with Crippen molar-refractivity contribution >= 4 is 28.6 Å². The number of nitrogens with two attached hydrogens (primary N) is 1. The van der Waals surface area contributed by atoms with Gasteiger partial charge in [0.15, 0.2) is 25.8 Å². The number of ether oxygens (including phenoxy) is 4. The average molecular weight is 466 g/mol. The van der Waals surface area contributed by atoms with Crippen molar-refractivity contribution in [1.82, 2.24) is 14.9 Å². The van der Waals surface area contributed by atoms with Crippen LogP contribution in [0.15, 0.2) is 36.4 Å². The van der Waals surface area contributed by atoms with Gasteiger partial charge in [-0.15, -0.1) is 0 Å². The molecule has 0 spiro atoms. The van der Waals surface area contributed by atoms with Gasteiger partial charge < -0.3 is 34.5 Å². The van der Waals surface area contributed by atoms with E-state index in [9.17, 15) is 4.79 Å². The van der Waals surface area contributed by atoms with Crippen LogP contribution < -0.4 is 29.6 Å². The number of methoxy groups -OCH3 is 2. The molecule has 3 heterocycles. The van der Waals surface area contributed by atoms with Crippen molar-refractivity contribution < 1.29 is 43.0 Å². The third kappa shape index (κ3) is 3.88. The Morgan fingerprint density at radius 1 is 1.18 bits per heavy atom. The van der Waals surface area contributed by atoms with Crippen LogP contribution in [0.2, 0.25) is 2.82 Å². The highest BCUT2D eigenvalue weighted by molar-refractivity contribution is 5.91. The van der Waals surface area contributed by atoms with Gasteiger partial charge in [0.2, 0.25) is 12.1 Å². The maximum absolute atomic E-state index is 13.6. The van der Waals surface area contributed by atoms with E-state index in [-0.39, 0.29) is 33.0 Å². The van der Waals surface area contributed by atoms with Crippen LogP contribution in [0.1, 0.15) is 16.4 Å². The lowest BCUT2D eigenvalue weighted by Crippen LogP contribution is -2.54. The van der Waals surface area contributed by atoms with E-state index in [0.717, 1.165) is 17.0 Å². The van der Waals surface area contributed by atoms with E-state index in [1.165, 1.54) is 18.2 Å². The van der Waals surface area contributed by atoms with Crippen LogP contribution in [0.25, 0.3) is 10.9 Å². The summed E-state index contributed by atoms with van der Waals surface area (Å²) in [6.07, 6.45) is -2.10. The van der Waals surface area contributed by atoms with Crippen molar-refractivity contribution in [3.63, 3.8) is 0 Å². The van der Waals surface area contributed by atoms with E-state index in [2.05, 4.69) is 9.97 Å². The molecule has 2 aromatic carbocycles. The number of carbonyl (C=O) groups is 1. The molecular formula is C23H25N5O5. The summed E-state index contributed by atoms with van der Waals surface area (Å²) in [7, 11) is -6.13. The number of benzene rings is 2. The number of nitrogen functional groups attached to an aromatic ring is 1. The molecular weight excluding hydrogens is 426 g/mol. The SMILES string of the molecule is [2H]N([2H])c1nc(N2CC([2H])([2H])N(C(=O)C3Oc4ccccc4OC3([2H])[2H])C([2H])([2H])C2)nc2cc(OC([2H])([2H])[2H])c(OC([2H])([2H])[2H])cc12. The zero-order chi connectivity index (χ0) is 34.9. The van der Waals surface area contributed by atoms with Gasteiger partial charge in [-0.3, -0.25) is 4.79 Å². The number of aromatic nitrogens is 2. The van der Waals surface area contributed by atoms with Gasteiger partial charge in [0.25, 0.3) is 5.91 Å². The Balaban J connectivity index is 1.53. The second-order valence-corrected chi connectivity index (χ2v) is 6.88. The summed E-state index contributed by atoms with van der Waals surface area (Å²) in [4.78, 5) is 23.1. The third-order valence-electron chi connectivity index (χ3n) is 4.89. The summed E-state index contributed by atoms with van der Waals surface area (Å²) in [5.41, 5.74) is -0.203. The molecule has 2 N–H and O–H groups in total. The summed E-state index contributed by atoms with van der Waals surface area (Å²) < 4.78 is 132. The molecule has 0 radical (unpaired) electrons. The van der Waals surface area contributed by atoms with Crippen LogP contribution in [-0.2, 0) is 4.79 Å². The first kappa shape index (κ1) is 10.3. The first-order valence-electron chi connectivity index (χ1n) is 16.4. The molecule has 1 atom stereocenters. The molecule has 5 rings (SSSR count). The quantitative estimate of drug-likeness (QED) is 0.602. The highest BCUT2D eigenvalue weighted by atomic mass is 16.6. The van der Waals surface area contributed by atoms with Crippen molar-refractivity contribution in [2.75, 3.05) is 57.3 Å². The monoisotopic (exact) mass is 465 g/mol. The minimum atomic E-state index is -3.07. The average Bonchev–Trinajstić information content (AvgIpc) is 2.88. The predicted molar refractivity (Wildman–Crippen MR) is 122 cm³/mol. The summed E-state index contributed by atoms with van der Waals surface area (Å²) in [6, 6.07) is 7.78. The molecule has 1 unspecified atom stereocenters. The van der Waals surface area contributed by atoms with Crippen LogP contribution in [-0.4, -0.2) is 73.6 Å². The largest absolute Gasteiger partial charge is 0.493 e. The number of nitrogens with zero attached hydrogens (tertiary/aromatic N) is 4. The molecule has 2 aliphatic rings. The van der Waals surface area contributed by atoms with Crippen molar-refractivity contribution in [2.45, 2.75) is 6.10 Å². The van der Waals surface area contributed by atoms with E-state index < -0.39 is 82.0 Å². The van der Waals surface area contributed by atoms with Crippen LogP contribution >= 0.6 is 0 Å². The standard InChI is InChI=1S/C23H25N5O5/c1-30-18-11-14-15(12-19(18)31-2)25-23(26-21(14)24)28-9-7-27(8-10-28)22(29)20-13-32-16-5-3-4-6-17(16)33-20/h3-6,11-12,20H,7-10,13H2,1-2H3,(H2,24,25,26)/i1D3,2D3,7D2,8D2,13D2/hD2. The van der Waals surface area contributed by atoms with Gasteiger partial charge in [0.05, 0.1) is 36.0 Å². The van der Waals surface area contributed by atoms with Gasteiger partial charge in [0.1, 0.15) is 12.4 Å². The number of para-hydroxylation sites is 2. The molecule has 10 heteroatoms. The zero-order valence-corrected chi connectivity index (χ0v) is 16.7. The second-order valence-electron chi connectivity index (χ2n) is 6.88. The number of fused-ring (bicyclic) bond motifs is 2. The highest BCUT2D eigenvalue weighted by Crippen LogP contribution is 2.34. The van der Waals surface area contributed by atoms with Gasteiger partial charge in [-0.2, -0.15) is 4.98 Å². The Bertz CT molecular complexity index is 1690. The number of amides is 1. The molecule has 0 bridgehead atoms. The van der Waals surface area contributed by atoms with Crippen LogP contribution in [0.5, 0.6) is 23.0 Å². The topological polar surface area (TPSA) is 112 Å². The fourth-order valence-electron chi connectivity index (χ4n) is 3.25. The van der Waals surface area contributed by atoms with Gasteiger partial charge >= 0.3 is 0 Å². The lowest BCUT2D eigenvalue weighted by atomic mass is 10.2. The van der Waals surface area contributed by atoms with Crippen molar-refractivity contribution in [2.24, 2.45) is 0 Å². The second kappa shape index (κ2) is 8.53. The maximum Gasteiger partial charge on any atom is 0.267 e. The summed E-state index contributed by atoms with van der Waals surface area (Å²) in [5.74, 6) is -3.58. The first-order chi connectivity index (χ1) is 21.5. The first-order valence-corrected chi connectivity index (χ1v) is 9.53. The minimum absolute atomic E-state index is 0.0102. The minimum Gasteiger partial charge on any atom is -0.493 e. The lowest BCUT2D eigenvalue weighted by Gasteiger charge is -2.37. The van der Waals surface area contributed by atoms with Crippen molar-refractivity contribution in [1.29, 1.82) is 0 Å². The highest BCUT2D eigenvalue weighted by Gasteiger charge is 2.33. The molecule has 33 heavy (non-hydrogen) atoms. The Hall–Kier alpha value is -3.95. The fourth-order valence-corrected chi connectivity index (χ4v) is 3.25. The van der Waals surface area contributed by atoms with Gasteiger partial charge in [0, 0.05) is 37.5 Å². The van der Waals surface area contributed by atoms with Gasteiger partial charge in [-0.25, -0.2) is 4.98 Å². The number of carbonyl (C=O) groups excluding carboxylic acids is 1. The third-order valence-corrected chi connectivity index (χ3v) is 4.89. The van der Waals surface area contributed by atoms with Crippen molar-refractivity contribution in [3.05, 3.63) is 36.4 Å². The summed E-state index contributed by atoms with van der Waals surface area (Å²) >= 11 is 0. The van der Waals surface area contributed by atoms with Crippen LogP contribution in [0.3, 0.4) is 0 Å². The normalized spacial score (nSPS) is 29.2. The number of anilines is 2. The number of rotatable bonds is 5. The molecule has 0 aliphatic carbocycles. The van der Waals surface area contributed by atoms with E-state index in [0.29, 0.717) is 0 Å². The van der Waals surface area contributed by atoms with Crippen molar-refractivity contribution in [3.8, 4) is 23.0 Å². The summed E-state index contributed by atoms with van der Waals surface area (Å²) in [6.45, 7) is -10.2. The van der Waals surface area contributed by atoms with Gasteiger partial charge in [-0.1, -0.05) is 12.1 Å². The van der Waals surface area contributed by atoms with Crippen LogP contribution in [0, 0.1) is 0 Å². The Morgan fingerprint density at radius 2 is 1.94 bits per heavy atom. The number of hydrogen-bond acceptors (Lipinski definition) is 9. The lowest BCUT2D eigenvalue weighted by molar-refractivity contribution is -0.141. The fraction of sp³-hybridized carbons (Fsp3) is 0.348.